The van der Waals surface area contributed by atoms with Crippen molar-refractivity contribution in [2.24, 2.45) is 0 Å². The summed E-state index contributed by atoms with van der Waals surface area (Å²) in [7, 11) is 1.43. The molecule has 0 saturated carbocycles. The average molecular weight is 264 g/mol. The lowest BCUT2D eigenvalue weighted by atomic mass is 10.1. The molecule has 0 bridgehead atoms. The second-order valence-electron chi connectivity index (χ2n) is 3.65. The summed E-state index contributed by atoms with van der Waals surface area (Å²) in [6.07, 6.45) is 0. The van der Waals surface area contributed by atoms with Crippen LogP contribution in [0.2, 0.25) is 0 Å². The Kier molecular flexibility index (Phi) is 2.41. The van der Waals surface area contributed by atoms with E-state index in [1.54, 1.807) is 16.5 Å². The second kappa shape index (κ2) is 3.95. The smallest absolute Gasteiger partial charge is 0.227 e. The maximum absolute atomic E-state index is 13.7. The zero-order valence-electron chi connectivity index (χ0n) is 9.42. The fraction of sp³-hybridized carbons (Fsp3) is 0.0909. The number of rotatable bonds is 2. The van der Waals surface area contributed by atoms with Gasteiger partial charge in [0.2, 0.25) is 10.9 Å². The average Bonchev–Trinajstić information content (AvgIpc) is 2.93. The number of nitrogens with zero attached hydrogens (tertiary/aromatic N) is 3. The number of aromatic nitrogens is 3. The molecule has 0 aliphatic heterocycles. The molecule has 0 atom stereocenters. The van der Waals surface area contributed by atoms with Crippen LogP contribution in [0.3, 0.4) is 0 Å². The number of hydrogen-bond acceptors (Lipinski definition) is 5. The summed E-state index contributed by atoms with van der Waals surface area (Å²) in [6.45, 7) is 0. The number of thiazole rings is 1. The third kappa shape index (κ3) is 1.52. The fourth-order valence-electron chi connectivity index (χ4n) is 1.77. The van der Waals surface area contributed by atoms with Crippen molar-refractivity contribution in [3.05, 3.63) is 29.4 Å². The van der Waals surface area contributed by atoms with Crippen molar-refractivity contribution in [1.29, 1.82) is 0 Å². The summed E-state index contributed by atoms with van der Waals surface area (Å²) in [5.41, 5.74) is 7.19. The first kappa shape index (κ1) is 11.0. The number of nitrogen functional groups attached to an aromatic ring is 1. The van der Waals surface area contributed by atoms with Crippen molar-refractivity contribution in [2.45, 2.75) is 0 Å². The normalized spacial score (nSPS) is 11.0. The van der Waals surface area contributed by atoms with Gasteiger partial charge in [0.1, 0.15) is 0 Å². The standard InChI is InChI=1S/C11H9FN4OS/c1-17-9-3-2-6(4-7(9)12)8-5-18-11-15-14-10(13)16(8)11/h2-5H,1H3,(H2,13,14). The van der Waals surface area contributed by atoms with Crippen molar-refractivity contribution >= 4 is 22.2 Å². The second-order valence-corrected chi connectivity index (χ2v) is 4.48. The number of fused-ring (bicyclic) bond motifs is 1. The highest BCUT2D eigenvalue weighted by atomic mass is 32.1. The predicted molar refractivity (Wildman–Crippen MR) is 67.2 cm³/mol. The molecule has 0 unspecified atom stereocenters. The molecule has 0 fully saturated rings. The molecule has 2 heterocycles. The monoisotopic (exact) mass is 264 g/mol. The Bertz CT molecular complexity index is 721. The third-order valence-electron chi connectivity index (χ3n) is 2.62. The molecule has 2 N–H and O–H groups in total. The minimum Gasteiger partial charge on any atom is -0.494 e. The summed E-state index contributed by atoms with van der Waals surface area (Å²) in [5, 5.41) is 9.55. The zero-order valence-corrected chi connectivity index (χ0v) is 10.2. The Hall–Kier alpha value is -2.15. The number of methoxy groups -OCH3 is 1. The molecule has 92 valence electrons. The van der Waals surface area contributed by atoms with Gasteiger partial charge in [-0.1, -0.05) is 0 Å². The van der Waals surface area contributed by atoms with Crippen molar-refractivity contribution in [3.8, 4) is 17.0 Å². The first-order valence-electron chi connectivity index (χ1n) is 5.12. The van der Waals surface area contributed by atoms with Gasteiger partial charge in [0.05, 0.1) is 12.8 Å². The zero-order chi connectivity index (χ0) is 12.7. The van der Waals surface area contributed by atoms with Crippen LogP contribution in [0.15, 0.2) is 23.6 Å². The summed E-state index contributed by atoms with van der Waals surface area (Å²) >= 11 is 1.40. The van der Waals surface area contributed by atoms with Crippen molar-refractivity contribution in [1.82, 2.24) is 14.6 Å². The largest absolute Gasteiger partial charge is 0.494 e. The summed E-state index contributed by atoms with van der Waals surface area (Å²) in [6, 6.07) is 4.75. The van der Waals surface area contributed by atoms with Gasteiger partial charge in [-0.05, 0) is 18.2 Å². The van der Waals surface area contributed by atoms with Gasteiger partial charge >= 0.3 is 0 Å². The molecule has 0 saturated heterocycles. The highest BCUT2D eigenvalue weighted by Gasteiger charge is 2.13. The number of halogens is 1. The molecule has 3 rings (SSSR count). The molecule has 7 heteroatoms. The lowest BCUT2D eigenvalue weighted by Crippen LogP contribution is -1.95. The van der Waals surface area contributed by atoms with E-state index in [0.29, 0.717) is 10.5 Å². The molecule has 0 spiro atoms. The van der Waals surface area contributed by atoms with E-state index in [4.69, 9.17) is 10.5 Å². The van der Waals surface area contributed by atoms with Gasteiger partial charge in [0.15, 0.2) is 11.6 Å². The Labute approximate surface area is 106 Å². The van der Waals surface area contributed by atoms with E-state index in [1.807, 2.05) is 5.38 Å². The summed E-state index contributed by atoms with van der Waals surface area (Å²) in [5.74, 6) is 0.0837. The molecule has 0 radical (unpaired) electrons. The Morgan fingerprint density at radius 3 is 2.94 bits per heavy atom. The fourth-order valence-corrected chi connectivity index (χ4v) is 2.61. The first-order valence-corrected chi connectivity index (χ1v) is 6.00. The van der Waals surface area contributed by atoms with Crippen molar-refractivity contribution < 1.29 is 9.13 Å². The van der Waals surface area contributed by atoms with Gasteiger partial charge in [-0.3, -0.25) is 4.40 Å². The molecule has 0 aliphatic carbocycles. The quantitative estimate of drug-likeness (QED) is 0.770. The van der Waals surface area contributed by atoms with Gasteiger partial charge in [-0.15, -0.1) is 21.5 Å². The van der Waals surface area contributed by atoms with E-state index in [1.165, 1.54) is 24.5 Å². The molecular formula is C11H9FN4OS. The van der Waals surface area contributed by atoms with E-state index in [9.17, 15) is 4.39 Å². The van der Waals surface area contributed by atoms with Crippen LogP contribution >= 0.6 is 11.3 Å². The lowest BCUT2D eigenvalue weighted by Gasteiger charge is -2.04. The van der Waals surface area contributed by atoms with Crippen LogP contribution in [0.25, 0.3) is 16.2 Å². The molecule has 5 nitrogen and oxygen atoms in total. The van der Waals surface area contributed by atoms with Gasteiger partial charge in [0, 0.05) is 10.9 Å². The Morgan fingerprint density at radius 1 is 1.39 bits per heavy atom. The number of benzene rings is 1. The topological polar surface area (TPSA) is 65.4 Å². The van der Waals surface area contributed by atoms with Crippen molar-refractivity contribution in [2.75, 3.05) is 12.8 Å². The molecule has 1 aromatic carbocycles. The number of anilines is 1. The van der Waals surface area contributed by atoms with Gasteiger partial charge in [-0.2, -0.15) is 0 Å². The minimum absolute atomic E-state index is 0.210. The van der Waals surface area contributed by atoms with E-state index in [2.05, 4.69) is 10.2 Å². The van der Waals surface area contributed by atoms with Crippen LogP contribution in [0.1, 0.15) is 0 Å². The minimum atomic E-state index is -0.416. The van der Waals surface area contributed by atoms with E-state index < -0.39 is 5.82 Å². The van der Waals surface area contributed by atoms with Crippen LogP contribution in [0.4, 0.5) is 10.3 Å². The SMILES string of the molecule is COc1ccc(-c2csc3nnc(N)n23)cc1F. The lowest BCUT2D eigenvalue weighted by molar-refractivity contribution is 0.386. The number of hydrogen-bond donors (Lipinski definition) is 1. The molecular weight excluding hydrogens is 255 g/mol. The first-order chi connectivity index (χ1) is 8.70. The highest BCUT2D eigenvalue weighted by molar-refractivity contribution is 7.15. The van der Waals surface area contributed by atoms with Gasteiger partial charge in [-0.25, -0.2) is 4.39 Å². The molecule has 18 heavy (non-hydrogen) atoms. The highest BCUT2D eigenvalue weighted by Crippen LogP contribution is 2.29. The van der Waals surface area contributed by atoms with Crippen molar-refractivity contribution in [3.63, 3.8) is 0 Å². The van der Waals surface area contributed by atoms with E-state index >= 15 is 0 Å². The van der Waals surface area contributed by atoms with E-state index in [-0.39, 0.29) is 11.7 Å². The molecule has 3 aromatic rings. The number of ether oxygens (including phenoxy) is 1. The summed E-state index contributed by atoms with van der Waals surface area (Å²) in [4.78, 5) is 0.679. The predicted octanol–water partition coefficient (Wildman–Crippen LogP) is 2.19. The van der Waals surface area contributed by atoms with Crippen LogP contribution in [-0.4, -0.2) is 21.7 Å². The van der Waals surface area contributed by atoms with Gasteiger partial charge in [0.25, 0.3) is 0 Å². The maximum atomic E-state index is 13.7. The Balaban J connectivity index is 2.20. The van der Waals surface area contributed by atoms with E-state index in [0.717, 1.165) is 5.69 Å². The van der Waals surface area contributed by atoms with Crippen LogP contribution < -0.4 is 10.5 Å². The van der Waals surface area contributed by atoms with Crippen LogP contribution in [0, 0.1) is 5.82 Å². The number of nitrogens with two attached hydrogens (primary N) is 1. The maximum Gasteiger partial charge on any atom is 0.227 e. The third-order valence-corrected chi connectivity index (χ3v) is 3.44. The Morgan fingerprint density at radius 2 is 2.22 bits per heavy atom. The summed E-state index contributed by atoms with van der Waals surface area (Å²) < 4.78 is 20.2. The molecule has 0 aliphatic rings. The molecule has 0 amide bonds. The van der Waals surface area contributed by atoms with Gasteiger partial charge < -0.3 is 10.5 Å². The van der Waals surface area contributed by atoms with Crippen LogP contribution in [0.5, 0.6) is 5.75 Å². The molecule has 2 aromatic heterocycles. The van der Waals surface area contributed by atoms with Crippen LogP contribution in [-0.2, 0) is 0 Å².